The van der Waals surface area contributed by atoms with E-state index in [9.17, 15) is 23.3 Å². The number of amides is 1. The first kappa shape index (κ1) is 21.8. The molecule has 3 rings (SSSR count). The molecule has 1 saturated carbocycles. The van der Waals surface area contributed by atoms with Gasteiger partial charge in [-0.1, -0.05) is 31.7 Å². The van der Waals surface area contributed by atoms with Crippen LogP contribution in [-0.4, -0.2) is 25.3 Å². The molecule has 30 heavy (non-hydrogen) atoms. The maximum atomic E-state index is 12.6. The molecule has 8 nitrogen and oxygen atoms in total. The Hall–Kier alpha value is -2.94. The number of carbonyl (C=O) groups excluding carboxylic acids is 1. The summed E-state index contributed by atoms with van der Waals surface area (Å²) in [5, 5.41) is 14.1. The summed E-state index contributed by atoms with van der Waals surface area (Å²) in [7, 11) is -4.00. The predicted octanol–water partition coefficient (Wildman–Crippen LogP) is 4.16. The highest BCUT2D eigenvalue weighted by Gasteiger charge is 2.20. The number of hydrogen-bond acceptors (Lipinski definition) is 5. The van der Waals surface area contributed by atoms with Crippen LogP contribution in [0.3, 0.4) is 0 Å². The molecule has 0 heterocycles. The Morgan fingerprint density at radius 2 is 1.67 bits per heavy atom. The molecule has 2 aromatic carbocycles. The average Bonchev–Trinajstić information content (AvgIpc) is 2.97. The van der Waals surface area contributed by atoms with Gasteiger partial charge in [0.25, 0.3) is 21.6 Å². The van der Waals surface area contributed by atoms with Crippen molar-refractivity contribution < 1.29 is 18.1 Å². The number of aryl methyl sites for hydroxylation is 1. The SMILES string of the molecule is Cc1ccc(S(=O)(=O)Nc2ccc(C(=O)NC3CCCCCC3)cc2)cc1[N+](=O)[O-]. The average molecular weight is 432 g/mol. The number of benzene rings is 2. The maximum Gasteiger partial charge on any atom is 0.273 e. The maximum absolute atomic E-state index is 12.6. The smallest absolute Gasteiger partial charge is 0.273 e. The molecular weight excluding hydrogens is 406 g/mol. The lowest BCUT2D eigenvalue weighted by atomic mass is 10.1. The molecular formula is C21H25N3O5S. The van der Waals surface area contributed by atoms with Gasteiger partial charge in [0.15, 0.2) is 0 Å². The van der Waals surface area contributed by atoms with E-state index in [0.717, 1.165) is 31.7 Å². The van der Waals surface area contributed by atoms with Crippen molar-refractivity contribution in [3.05, 3.63) is 63.7 Å². The fourth-order valence-corrected chi connectivity index (χ4v) is 4.63. The largest absolute Gasteiger partial charge is 0.349 e. The summed E-state index contributed by atoms with van der Waals surface area (Å²) in [6.45, 7) is 1.54. The Labute approximate surface area is 175 Å². The van der Waals surface area contributed by atoms with Gasteiger partial charge in [0.2, 0.25) is 0 Å². The molecule has 0 aliphatic heterocycles. The van der Waals surface area contributed by atoms with Crippen molar-refractivity contribution >= 4 is 27.3 Å². The van der Waals surface area contributed by atoms with Crippen LogP contribution >= 0.6 is 0 Å². The fraction of sp³-hybridized carbons (Fsp3) is 0.381. The molecule has 0 aromatic heterocycles. The van der Waals surface area contributed by atoms with Gasteiger partial charge in [-0.25, -0.2) is 8.42 Å². The Kier molecular flexibility index (Phi) is 6.71. The van der Waals surface area contributed by atoms with E-state index in [-0.39, 0.29) is 28.2 Å². The number of nitro groups is 1. The first-order valence-corrected chi connectivity index (χ1v) is 11.4. The van der Waals surface area contributed by atoms with Crippen molar-refractivity contribution in [1.29, 1.82) is 0 Å². The van der Waals surface area contributed by atoms with Crippen LogP contribution in [0.15, 0.2) is 47.4 Å². The summed E-state index contributed by atoms with van der Waals surface area (Å²) in [6, 6.07) is 10.0. The van der Waals surface area contributed by atoms with E-state index in [4.69, 9.17) is 0 Å². The Balaban J connectivity index is 1.69. The molecule has 2 N–H and O–H groups in total. The van der Waals surface area contributed by atoms with Crippen molar-refractivity contribution in [2.75, 3.05) is 4.72 Å². The van der Waals surface area contributed by atoms with Crippen molar-refractivity contribution in [1.82, 2.24) is 5.32 Å². The van der Waals surface area contributed by atoms with Crippen molar-refractivity contribution in [2.45, 2.75) is 56.4 Å². The zero-order valence-corrected chi connectivity index (χ0v) is 17.6. The first-order valence-electron chi connectivity index (χ1n) is 9.95. The molecule has 160 valence electrons. The molecule has 0 bridgehead atoms. The van der Waals surface area contributed by atoms with Crippen LogP contribution in [0.2, 0.25) is 0 Å². The highest BCUT2D eigenvalue weighted by atomic mass is 32.2. The van der Waals surface area contributed by atoms with Crippen LogP contribution in [0.5, 0.6) is 0 Å². The number of anilines is 1. The molecule has 1 aliphatic carbocycles. The number of hydrogen-bond donors (Lipinski definition) is 2. The second kappa shape index (κ2) is 9.25. The minimum Gasteiger partial charge on any atom is -0.349 e. The zero-order chi connectivity index (χ0) is 21.7. The van der Waals surface area contributed by atoms with Crippen LogP contribution in [0.4, 0.5) is 11.4 Å². The van der Waals surface area contributed by atoms with E-state index in [0.29, 0.717) is 11.1 Å². The van der Waals surface area contributed by atoms with Gasteiger partial charge in [-0.15, -0.1) is 0 Å². The molecule has 9 heteroatoms. The molecule has 0 saturated heterocycles. The van der Waals surface area contributed by atoms with E-state index >= 15 is 0 Å². The summed E-state index contributed by atoms with van der Waals surface area (Å²) in [4.78, 5) is 22.7. The van der Waals surface area contributed by atoms with Gasteiger partial charge < -0.3 is 5.32 Å². The molecule has 0 radical (unpaired) electrons. The van der Waals surface area contributed by atoms with Crippen LogP contribution < -0.4 is 10.0 Å². The lowest BCUT2D eigenvalue weighted by Crippen LogP contribution is -2.34. The lowest BCUT2D eigenvalue weighted by Gasteiger charge is -2.16. The van der Waals surface area contributed by atoms with E-state index in [2.05, 4.69) is 10.0 Å². The monoisotopic (exact) mass is 431 g/mol. The third kappa shape index (κ3) is 5.35. The molecule has 0 spiro atoms. The van der Waals surface area contributed by atoms with E-state index in [1.165, 1.54) is 37.1 Å². The van der Waals surface area contributed by atoms with Crippen molar-refractivity contribution in [2.24, 2.45) is 0 Å². The van der Waals surface area contributed by atoms with Gasteiger partial charge in [0.05, 0.1) is 9.82 Å². The lowest BCUT2D eigenvalue weighted by molar-refractivity contribution is -0.385. The highest BCUT2D eigenvalue weighted by Crippen LogP contribution is 2.24. The molecule has 1 aliphatic rings. The number of nitrogens with zero attached hydrogens (tertiary/aromatic N) is 1. The molecule has 1 amide bonds. The van der Waals surface area contributed by atoms with Crippen LogP contribution in [0.1, 0.15) is 54.4 Å². The fourth-order valence-electron chi connectivity index (χ4n) is 3.55. The van der Waals surface area contributed by atoms with Crippen LogP contribution in [0, 0.1) is 17.0 Å². The third-order valence-corrected chi connectivity index (χ3v) is 6.66. The van der Waals surface area contributed by atoms with Crippen LogP contribution in [0.25, 0.3) is 0 Å². The van der Waals surface area contributed by atoms with Gasteiger partial charge in [-0.3, -0.25) is 19.6 Å². The number of sulfonamides is 1. The quantitative estimate of drug-likeness (QED) is 0.404. The van der Waals surface area contributed by atoms with Crippen LogP contribution in [-0.2, 0) is 10.0 Å². The van der Waals surface area contributed by atoms with Gasteiger partial charge >= 0.3 is 0 Å². The standard InChI is InChI=1S/C21H25N3O5S/c1-15-8-13-19(14-20(15)24(26)27)30(28,29)23-18-11-9-16(10-12-18)21(25)22-17-6-4-2-3-5-7-17/h8-14,17,23H,2-7H2,1H3,(H,22,25). The number of nitro benzene ring substituents is 1. The molecule has 0 unspecified atom stereocenters. The zero-order valence-electron chi connectivity index (χ0n) is 16.8. The Bertz CT molecular complexity index is 1030. The number of rotatable bonds is 6. The molecule has 1 fully saturated rings. The summed E-state index contributed by atoms with van der Waals surface area (Å²) < 4.78 is 27.6. The second-order valence-electron chi connectivity index (χ2n) is 7.55. The van der Waals surface area contributed by atoms with E-state index in [1.807, 2.05) is 0 Å². The summed E-state index contributed by atoms with van der Waals surface area (Å²) in [6.07, 6.45) is 6.58. The van der Waals surface area contributed by atoms with Gasteiger partial charge in [0, 0.05) is 28.9 Å². The second-order valence-corrected chi connectivity index (χ2v) is 9.23. The van der Waals surface area contributed by atoms with Crippen molar-refractivity contribution in [3.8, 4) is 0 Å². The minimum absolute atomic E-state index is 0.175. The summed E-state index contributed by atoms with van der Waals surface area (Å²) >= 11 is 0. The highest BCUT2D eigenvalue weighted by molar-refractivity contribution is 7.92. The predicted molar refractivity (Wildman–Crippen MR) is 114 cm³/mol. The summed E-state index contributed by atoms with van der Waals surface area (Å²) in [5.74, 6) is -0.175. The van der Waals surface area contributed by atoms with E-state index in [1.54, 1.807) is 19.1 Å². The normalized spacial score (nSPS) is 15.2. The number of carbonyl (C=O) groups is 1. The van der Waals surface area contributed by atoms with Gasteiger partial charge in [-0.05, 0) is 50.1 Å². The Morgan fingerprint density at radius 3 is 2.27 bits per heavy atom. The Morgan fingerprint density at radius 1 is 1.03 bits per heavy atom. The van der Waals surface area contributed by atoms with Gasteiger partial charge in [0.1, 0.15) is 0 Å². The van der Waals surface area contributed by atoms with Crippen molar-refractivity contribution in [3.63, 3.8) is 0 Å². The number of nitrogens with one attached hydrogen (secondary N) is 2. The first-order chi connectivity index (χ1) is 14.3. The van der Waals surface area contributed by atoms with E-state index < -0.39 is 14.9 Å². The van der Waals surface area contributed by atoms with Gasteiger partial charge in [-0.2, -0.15) is 0 Å². The topological polar surface area (TPSA) is 118 Å². The third-order valence-electron chi connectivity index (χ3n) is 5.28. The molecule has 2 aromatic rings. The molecule has 0 atom stereocenters. The minimum atomic E-state index is -4.00. The summed E-state index contributed by atoms with van der Waals surface area (Å²) in [5.41, 5.74) is 0.837.